The van der Waals surface area contributed by atoms with Gasteiger partial charge in [0, 0.05) is 18.2 Å². The molecule has 0 fully saturated rings. The van der Waals surface area contributed by atoms with Gasteiger partial charge in [0.05, 0.1) is 12.0 Å². The predicted molar refractivity (Wildman–Crippen MR) is 69.0 cm³/mol. The molecule has 0 radical (unpaired) electrons. The third kappa shape index (κ3) is 5.72. The van der Waals surface area contributed by atoms with Gasteiger partial charge in [0.15, 0.2) is 0 Å². The zero-order chi connectivity index (χ0) is 16.0. The number of aromatic amines is 1. The van der Waals surface area contributed by atoms with Crippen LogP contribution in [-0.4, -0.2) is 33.9 Å². The second kappa shape index (κ2) is 7.03. The number of rotatable bonds is 6. The lowest BCUT2D eigenvalue weighted by Crippen LogP contribution is -2.49. The Labute approximate surface area is 118 Å². The number of carboxylic acids is 1. The molecule has 1 aromatic rings. The molecule has 0 bridgehead atoms. The predicted octanol–water partition coefficient (Wildman–Crippen LogP) is -2.42. The van der Waals surface area contributed by atoms with Gasteiger partial charge in [-0.2, -0.15) is 0 Å². The summed E-state index contributed by atoms with van der Waals surface area (Å²) in [4.78, 5) is 50.3. The van der Waals surface area contributed by atoms with Crippen LogP contribution in [0.25, 0.3) is 0 Å². The molecule has 114 valence electrons. The van der Waals surface area contributed by atoms with Gasteiger partial charge in [-0.15, -0.1) is 0 Å². The summed E-state index contributed by atoms with van der Waals surface area (Å²) >= 11 is 0. The van der Waals surface area contributed by atoms with Crippen LogP contribution < -0.4 is 27.0 Å². The number of urea groups is 1. The maximum Gasteiger partial charge on any atom is 0.322 e. The van der Waals surface area contributed by atoms with Gasteiger partial charge in [0.1, 0.15) is 0 Å². The van der Waals surface area contributed by atoms with Crippen LogP contribution in [0.1, 0.15) is 18.5 Å². The number of hydrogen-bond donors (Lipinski definition) is 4. The highest BCUT2D eigenvalue weighted by molar-refractivity contribution is 5.90. The van der Waals surface area contributed by atoms with Crippen LogP contribution in [0, 0.1) is 6.92 Å². The molecular formula is C11H14N5O5-. The number of aliphatic carboxylic acids is 1. The van der Waals surface area contributed by atoms with E-state index in [0.717, 1.165) is 0 Å². The maximum absolute atomic E-state index is 11.6. The molecule has 1 heterocycles. The van der Waals surface area contributed by atoms with Crippen molar-refractivity contribution in [2.45, 2.75) is 25.8 Å². The Morgan fingerprint density at radius 2 is 2.14 bits per heavy atom. The Kier molecular flexibility index (Phi) is 5.40. The van der Waals surface area contributed by atoms with Gasteiger partial charge >= 0.3 is 6.03 Å². The van der Waals surface area contributed by atoms with E-state index in [1.54, 1.807) is 6.92 Å². The first-order chi connectivity index (χ1) is 9.77. The summed E-state index contributed by atoms with van der Waals surface area (Å²) in [7, 11) is 0. The third-order valence-electron chi connectivity index (χ3n) is 2.37. The highest BCUT2D eigenvalue weighted by atomic mass is 16.4. The van der Waals surface area contributed by atoms with Crippen LogP contribution in [0.5, 0.6) is 0 Å². The van der Waals surface area contributed by atoms with Gasteiger partial charge in [0.2, 0.25) is 11.9 Å². The van der Waals surface area contributed by atoms with E-state index in [0.29, 0.717) is 5.69 Å². The Morgan fingerprint density at radius 1 is 1.48 bits per heavy atom. The van der Waals surface area contributed by atoms with Crippen molar-refractivity contribution >= 4 is 23.9 Å². The average molecular weight is 296 g/mol. The standard InChI is InChI=1S/C11H15N5O5/c1-5-4-8(18)15-10(13-5)16-11(21)14-6(9(19)20)2-3-7(12)17/h4,6H,2-3H2,1H3,(H2,12,17)(H,19,20)(H3,13,14,15,16,18,21)/p-1/t6-/m1/s1. The van der Waals surface area contributed by atoms with Crippen molar-refractivity contribution in [3.8, 4) is 0 Å². The van der Waals surface area contributed by atoms with Crippen molar-refractivity contribution in [3.63, 3.8) is 0 Å². The zero-order valence-electron chi connectivity index (χ0n) is 11.1. The third-order valence-corrected chi connectivity index (χ3v) is 2.37. The number of nitrogens with two attached hydrogens (primary N) is 1. The summed E-state index contributed by atoms with van der Waals surface area (Å²) in [5, 5.41) is 15.1. The Morgan fingerprint density at radius 3 is 2.67 bits per heavy atom. The van der Waals surface area contributed by atoms with Crippen LogP contribution >= 0.6 is 0 Å². The van der Waals surface area contributed by atoms with Crippen molar-refractivity contribution in [1.29, 1.82) is 0 Å². The fourth-order valence-corrected chi connectivity index (χ4v) is 1.48. The first kappa shape index (κ1) is 16.1. The topological polar surface area (TPSA) is 170 Å². The minimum absolute atomic E-state index is 0.135. The normalized spacial score (nSPS) is 11.5. The number of anilines is 1. The monoisotopic (exact) mass is 296 g/mol. The van der Waals surface area contributed by atoms with Crippen LogP contribution in [0.4, 0.5) is 10.7 Å². The number of nitrogens with zero attached hydrogens (tertiary/aromatic N) is 1. The van der Waals surface area contributed by atoms with Gasteiger partial charge < -0.3 is 21.0 Å². The fourth-order valence-electron chi connectivity index (χ4n) is 1.48. The molecule has 0 aliphatic carbocycles. The molecule has 21 heavy (non-hydrogen) atoms. The lowest BCUT2D eigenvalue weighted by Gasteiger charge is -2.19. The molecule has 0 spiro atoms. The second-order valence-electron chi connectivity index (χ2n) is 4.21. The van der Waals surface area contributed by atoms with E-state index in [4.69, 9.17) is 5.73 Å². The SMILES string of the molecule is Cc1cc(=O)[nH]c(NC(=O)N[C@H](CCC(N)=O)C(=O)[O-])n1. The van der Waals surface area contributed by atoms with E-state index < -0.39 is 29.5 Å². The maximum atomic E-state index is 11.6. The minimum Gasteiger partial charge on any atom is -0.548 e. The number of carbonyl (C=O) groups excluding carboxylic acids is 3. The van der Waals surface area contributed by atoms with Crippen molar-refractivity contribution in [2.75, 3.05) is 5.32 Å². The lowest BCUT2D eigenvalue weighted by atomic mass is 10.1. The van der Waals surface area contributed by atoms with Gasteiger partial charge in [-0.1, -0.05) is 0 Å². The number of aromatic nitrogens is 2. The highest BCUT2D eigenvalue weighted by Gasteiger charge is 2.15. The molecule has 0 saturated heterocycles. The van der Waals surface area contributed by atoms with Gasteiger partial charge in [0.25, 0.3) is 5.56 Å². The van der Waals surface area contributed by atoms with Gasteiger partial charge in [-0.3, -0.25) is 19.9 Å². The van der Waals surface area contributed by atoms with Gasteiger partial charge in [-0.05, 0) is 13.3 Å². The molecule has 5 N–H and O–H groups in total. The number of carbonyl (C=O) groups is 3. The van der Waals surface area contributed by atoms with Crippen LogP contribution in [0.2, 0.25) is 0 Å². The number of amides is 3. The molecule has 3 amide bonds. The highest BCUT2D eigenvalue weighted by Crippen LogP contribution is 1.99. The number of aryl methyl sites for hydroxylation is 1. The zero-order valence-corrected chi connectivity index (χ0v) is 11.1. The quantitative estimate of drug-likeness (QED) is 0.455. The minimum atomic E-state index is -1.56. The average Bonchev–Trinajstić information content (AvgIpc) is 2.32. The van der Waals surface area contributed by atoms with E-state index in [9.17, 15) is 24.3 Å². The molecule has 0 unspecified atom stereocenters. The number of H-pyrrole nitrogens is 1. The smallest absolute Gasteiger partial charge is 0.322 e. The van der Waals surface area contributed by atoms with E-state index >= 15 is 0 Å². The summed E-state index contributed by atoms with van der Waals surface area (Å²) in [6.07, 6.45) is -0.429. The summed E-state index contributed by atoms with van der Waals surface area (Å²) < 4.78 is 0. The first-order valence-electron chi connectivity index (χ1n) is 5.92. The first-order valence-corrected chi connectivity index (χ1v) is 5.92. The van der Waals surface area contributed by atoms with E-state index in [1.807, 2.05) is 0 Å². The number of primary amides is 1. The molecule has 0 aliphatic rings. The van der Waals surface area contributed by atoms with Crippen LogP contribution in [-0.2, 0) is 9.59 Å². The molecule has 1 rings (SSSR count). The number of carboxylic acid groups (broad SMARTS) is 1. The molecule has 1 atom stereocenters. The summed E-state index contributed by atoms with van der Waals surface area (Å²) in [6, 6.07) is -1.09. The number of nitrogens with one attached hydrogen (secondary N) is 3. The Balaban J connectivity index is 2.67. The van der Waals surface area contributed by atoms with E-state index in [2.05, 4.69) is 20.6 Å². The summed E-state index contributed by atoms with van der Waals surface area (Å²) in [5.74, 6) is -2.39. The van der Waals surface area contributed by atoms with E-state index in [1.165, 1.54) is 6.07 Å². The molecule has 1 aromatic heterocycles. The molecule has 0 aliphatic heterocycles. The van der Waals surface area contributed by atoms with Crippen LogP contribution in [0.3, 0.4) is 0 Å². The van der Waals surface area contributed by atoms with Crippen LogP contribution in [0.15, 0.2) is 10.9 Å². The Bertz CT molecular complexity index is 611. The molecular weight excluding hydrogens is 282 g/mol. The Hall–Kier alpha value is -2.91. The second-order valence-corrected chi connectivity index (χ2v) is 4.21. The van der Waals surface area contributed by atoms with Crippen molar-refractivity contribution in [1.82, 2.24) is 15.3 Å². The number of hydrogen-bond acceptors (Lipinski definition) is 6. The molecule has 0 saturated carbocycles. The van der Waals surface area contributed by atoms with E-state index in [-0.39, 0.29) is 18.8 Å². The van der Waals surface area contributed by atoms with Crippen molar-refractivity contribution < 1.29 is 19.5 Å². The largest absolute Gasteiger partial charge is 0.548 e. The van der Waals surface area contributed by atoms with Gasteiger partial charge in [-0.25, -0.2) is 9.78 Å². The molecule has 10 heteroatoms. The van der Waals surface area contributed by atoms with Crippen molar-refractivity contribution in [2.24, 2.45) is 5.73 Å². The lowest BCUT2D eigenvalue weighted by molar-refractivity contribution is -0.308. The molecule has 10 nitrogen and oxygen atoms in total. The fraction of sp³-hybridized carbons (Fsp3) is 0.364. The van der Waals surface area contributed by atoms with Crippen molar-refractivity contribution in [3.05, 3.63) is 22.1 Å². The summed E-state index contributed by atoms with van der Waals surface area (Å²) in [5.41, 5.74) is 4.80. The summed E-state index contributed by atoms with van der Waals surface area (Å²) in [6.45, 7) is 1.55. The molecule has 0 aromatic carbocycles.